The number of rotatable bonds is 6. The number of hydrogen-bond donors (Lipinski definition) is 0. The Kier molecular flexibility index (Phi) is 6.06. The van der Waals surface area contributed by atoms with Gasteiger partial charge in [-0.25, -0.2) is 4.98 Å². The normalized spacial score (nSPS) is 15.0. The maximum Gasteiger partial charge on any atom is 0.331 e. The predicted octanol–water partition coefficient (Wildman–Crippen LogP) is 5.83. The molecule has 5 heterocycles. The van der Waals surface area contributed by atoms with Crippen molar-refractivity contribution in [3.05, 3.63) is 65.7 Å². The van der Waals surface area contributed by atoms with Crippen LogP contribution in [0.2, 0.25) is 0 Å². The van der Waals surface area contributed by atoms with Crippen molar-refractivity contribution < 1.29 is 22.8 Å². The largest absolute Gasteiger partial charge is 0.496 e. The Morgan fingerprint density at radius 1 is 1.13 bits per heavy atom. The molecule has 0 aliphatic carbocycles. The van der Waals surface area contributed by atoms with Gasteiger partial charge in [0.05, 0.1) is 35.6 Å². The van der Waals surface area contributed by atoms with E-state index in [1.807, 2.05) is 26.0 Å². The first-order valence-electron chi connectivity index (χ1n) is 12.5. The maximum absolute atomic E-state index is 16.0. The van der Waals surface area contributed by atoms with Gasteiger partial charge in [0.25, 0.3) is 0 Å². The number of nitrogens with zero attached hydrogens (tertiary/aromatic N) is 5. The predicted molar refractivity (Wildman–Crippen MR) is 137 cm³/mol. The average Bonchev–Trinajstić information content (AvgIpc) is 3.48. The van der Waals surface area contributed by atoms with E-state index in [1.54, 1.807) is 17.9 Å². The Bertz CT molecular complexity index is 1610. The van der Waals surface area contributed by atoms with Gasteiger partial charge in [-0.15, -0.1) is 0 Å². The molecule has 0 atom stereocenters. The van der Waals surface area contributed by atoms with Gasteiger partial charge in [-0.3, -0.25) is 9.97 Å². The van der Waals surface area contributed by atoms with Gasteiger partial charge in [0.15, 0.2) is 5.82 Å². The molecule has 0 radical (unpaired) electrons. The minimum atomic E-state index is -3.36. The van der Waals surface area contributed by atoms with Crippen LogP contribution in [0.5, 0.6) is 5.75 Å². The molecule has 0 spiro atoms. The lowest BCUT2D eigenvalue weighted by Gasteiger charge is -2.25. The van der Waals surface area contributed by atoms with Crippen molar-refractivity contribution in [1.29, 1.82) is 0 Å². The van der Waals surface area contributed by atoms with Gasteiger partial charge in [0.1, 0.15) is 17.0 Å². The molecule has 6 rings (SSSR count). The standard InChI is InChI=1S/C28H27F2N5O3/c1-16-25(17(2)38-34-16)21-11-22-20(12-24(21)36-3)26-23(14-32-22)33-27(28(29,30)19-5-4-8-31-13-19)35(26)15-18-6-9-37-10-7-18/h4-5,8,11-14,18H,6-7,9-10,15H2,1-3H3. The highest BCUT2D eigenvalue weighted by Crippen LogP contribution is 2.42. The first kappa shape index (κ1) is 24.4. The Hall–Kier alpha value is -3.92. The van der Waals surface area contributed by atoms with Crippen molar-refractivity contribution in [3.8, 4) is 16.9 Å². The van der Waals surface area contributed by atoms with Crippen molar-refractivity contribution in [2.24, 2.45) is 5.92 Å². The molecule has 0 amide bonds. The summed E-state index contributed by atoms with van der Waals surface area (Å²) in [5.41, 5.74) is 3.75. The number of alkyl halides is 2. The van der Waals surface area contributed by atoms with Crippen LogP contribution in [0, 0.1) is 19.8 Å². The van der Waals surface area contributed by atoms with Crippen molar-refractivity contribution in [1.82, 2.24) is 24.7 Å². The number of halogens is 2. The summed E-state index contributed by atoms with van der Waals surface area (Å²) < 4.78 is 50.4. The SMILES string of the molecule is COc1cc2c(cc1-c1c(C)noc1C)ncc1nc(C(F)(F)c3cccnc3)n(CC3CCOCC3)c12. The number of fused-ring (bicyclic) bond motifs is 3. The van der Waals surface area contributed by atoms with E-state index in [9.17, 15) is 0 Å². The molecule has 4 aromatic heterocycles. The third-order valence-electron chi connectivity index (χ3n) is 7.28. The highest BCUT2D eigenvalue weighted by Gasteiger charge is 2.41. The molecular weight excluding hydrogens is 492 g/mol. The molecule has 10 heteroatoms. The average molecular weight is 520 g/mol. The molecule has 1 aliphatic heterocycles. The van der Waals surface area contributed by atoms with Crippen molar-refractivity contribution in [2.75, 3.05) is 20.3 Å². The Labute approximate surface area is 217 Å². The summed E-state index contributed by atoms with van der Waals surface area (Å²) in [7, 11) is 1.58. The van der Waals surface area contributed by atoms with E-state index in [1.165, 1.54) is 24.5 Å². The smallest absolute Gasteiger partial charge is 0.331 e. The Morgan fingerprint density at radius 2 is 1.95 bits per heavy atom. The summed E-state index contributed by atoms with van der Waals surface area (Å²) in [6.07, 6.45) is 5.81. The minimum absolute atomic E-state index is 0.177. The quantitative estimate of drug-likeness (QED) is 0.279. The molecule has 5 aromatic rings. The first-order chi connectivity index (χ1) is 18.4. The number of pyridine rings is 2. The van der Waals surface area contributed by atoms with E-state index < -0.39 is 5.92 Å². The highest BCUT2D eigenvalue weighted by molar-refractivity contribution is 6.05. The number of methoxy groups -OCH3 is 1. The maximum atomic E-state index is 16.0. The number of hydrogen-bond acceptors (Lipinski definition) is 7. The summed E-state index contributed by atoms with van der Waals surface area (Å²) in [5.74, 6) is -2.28. The van der Waals surface area contributed by atoms with Crippen molar-refractivity contribution >= 4 is 21.9 Å². The highest BCUT2D eigenvalue weighted by atomic mass is 19.3. The fourth-order valence-corrected chi connectivity index (χ4v) is 5.35. The second kappa shape index (κ2) is 9.43. The fourth-order valence-electron chi connectivity index (χ4n) is 5.35. The van der Waals surface area contributed by atoms with E-state index >= 15 is 8.78 Å². The van der Waals surface area contributed by atoms with Crippen LogP contribution in [0.4, 0.5) is 8.78 Å². The number of imidazole rings is 1. The van der Waals surface area contributed by atoms with E-state index in [4.69, 9.17) is 14.0 Å². The van der Waals surface area contributed by atoms with E-state index in [0.29, 0.717) is 53.2 Å². The Morgan fingerprint density at radius 3 is 2.63 bits per heavy atom. The van der Waals surface area contributed by atoms with Crippen LogP contribution in [0.1, 0.15) is 35.7 Å². The number of aromatic nitrogens is 5. The number of aryl methyl sites for hydroxylation is 2. The second-order valence-electron chi connectivity index (χ2n) is 9.68. The van der Waals surface area contributed by atoms with Gasteiger partial charge in [0, 0.05) is 48.7 Å². The third-order valence-corrected chi connectivity index (χ3v) is 7.28. The first-order valence-corrected chi connectivity index (χ1v) is 12.5. The minimum Gasteiger partial charge on any atom is -0.496 e. The lowest BCUT2D eigenvalue weighted by Crippen LogP contribution is -2.26. The lowest BCUT2D eigenvalue weighted by atomic mass is 9.99. The zero-order valence-electron chi connectivity index (χ0n) is 21.4. The zero-order valence-corrected chi connectivity index (χ0v) is 21.4. The van der Waals surface area contributed by atoms with Gasteiger partial charge in [0.2, 0.25) is 0 Å². The molecular formula is C28H27F2N5O3. The topological polar surface area (TPSA) is 88.1 Å². The molecule has 1 saturated heterocycles. The molecule has 196 valence electrons. The molecule has 0 unspecified atom stereocenters. The van der Waals surface area contributed by atoms with Crippen molar-refractivity contribution in [3.63, 3.8) is 0 Å². The number of benzene rings is 1. The summed E-state index contributed by atoms with van der Waals surface area (Å²) in [6, 6.07) is 6.62. The molecule has 0 saturated carbocycles. The zero-order chi connectivity index (χ0) is 26.4. The lowest BCUT2D eigenvalue weighted by molar-refractivity contribution is 0.0251. The van der Waals surface area contributed by atoms with Gasteiger partial charge >= 0.3 is 5.92 Å². The van der Waals surface area contributed by atoms with E-state index in [0.717, 1.165) is 29.7 Å². The van der Waals surface area contributed by atoms with Gasteiger partial charge in [-0.05, 0) is 56.9 Å². The fraction of sp³-hybridized carbons (Fsp3) is 0.357. The van der Waals surface area contributed by atoms with Crippen LogP contribution in [0.3, 0.4) is 0 Å². The summed E-state index contributed by atoms with van der Waals surface area (Å²) in [4.78, 5) is 13.0. The molecule has 38 heavy (non-hydrogen) atoms. The van der Waals surface area contributed by atoms with E-state index in [2.05, 4.69) is 20.1 Å². The van der Waals surface area contributed by atoms with Gasteiger partial charge in [-0.2, -0.15) is 8.78 Å². The van der Waals surface area contributed by atoms with Crippen LogP contribution in [0.15, 0.2) is 47.4 Å². The summed E-state index contributed by atoms with van der Waals surface area (Å²) in [6.45, 7) is 5.32. The summed E-state index contributed by atoms with van der Waals surface area (Å²) in [5, 5.41) is 4.76. The summed E-state index contributed by atoms with van der Waals surface area (Å²) >= 11 is 0. The Balaban J connectivity index is 1.61. The van der Waals surface area contributed by atoms with Crippen LogP contribution >= 0.6 is 0 Å². The van der Waals surface area contributed by atoms with E-state index in [-0.39, 0.29) is 17.3 Å². The molecule has 8 nitrogen and oxygen atoms in total. The van der Waals surface area contributed by atoms with Crippen LogP contribution in [-0.2, 0) is 17.2 Å². The molecule has 1 fully saturated rings. The molecule has 1 aromatic carbocycles. The van der Waals surface area contributed by atoms with Gasteiger partial charge in [-0.1, -0.05) is 5.16 Å². The van der Waals surface area contributed by atoms with Gasteiger partial charge < -0.3 is 18.6 Å². The van der Waals surface area contributed by atoms with Crippen molar-refractivity contribution in [2.45, 2.75) is 39.2 Å². The molecule has 0 bridgehead atoms. The molecule has 0 N–H and O–H groups in total. The van der Waals surface area contributed by atoms with Crippen LogP contribution in [0.25, 0.3) is 33.1 Å². The number of ether oxygens (including phenoxy) is 2. The van der Waals surface area contributed by atoms with Crippen LogP contribution < -0.4 is 4.74 Å². The molecule has 1 aliphatic rings. The monoisotopic (exact) mass is 519 g/mol. The second-order valence-corrected chi connectivity index (χ2v) is 9.68. The third kappa shape index (κ3) is 3.99. The van der Waals surface area contributed by atoms with Crippen LogP contribution in [-0.4, -0.2) is 45.0 Å².